The lowest BCUT2D eigenvalue weighted by molar-refractivity contribution is 0.447. The summed E-state index contributed by atoms with van der Waals surface area (Å²) in [6.45, 7) is 2.07. The van der Waals surface area contributed by atoms with E-state index in [2.05, 4.69) is 46.3 Å². The lowest BCUT2D eigenvalue weighted by Crippen LogP contribution is -2.25. The van der Waals surface area contributed by atoms with E-state index in [1.165, 1.54) is 34.1 Å². The monoisotopic (exact) mass is 278 g/mol. The predicted molar refractivity (Wildman–Crippen MR) is 81.4 cm³/mol. The van der Waals surface area contributed by atoms with Crippen LogP contribution in [0, 0.1) is 5.92 Å². The van der Waals surface area contributed by atoms with E-state index in [0.717, 1.165) is 24.5 Å². The van der Waals surface area contributed by atoms with Crippen LogP contribution in [0.5, 0.6) is 0 Å². The van der Waals surface area contributed by atoms with Crippen molar-refractivity contribution < 1.29 is 0 Å². The standard InChI is InChI=1S/C14H18N2S2/c1-2-4-13-12(3-1)16-14(18-13)10-15-9-11-5-7-17-8-6-11/h1-4,11,15H,5-10H2. The van der Waals surface area contributed by atoms with Gasteiger partial charge in [0.15, 0.2) is 0 Å². The summed E-state index contributed by atoms with van der Waals surface area (Å²) in [5.41, 5.74) is 1.13. The highest BCUT2D eigenvalue weighted by molar-refractivity contribution is 7.99. The minimum atomic E-state index is 0.876. The first-order valence-electron chi connectivity index (χ1n) is 6.55. The number of hydrogen-bond donors (Lipinski definition) is 1. The molecule has 1 saturated heterocycles. The lowest BCUT2D eigenvalue weighted by Gasteiger charge is -2.21. The van der Waals surface area contributed by atoms with Gasteiger partial charge in [-0.2, -0.15) is 11.8 Å². The van der Waals surface area contributed by atoms with E-state index in [0.29, 0.717) is 0 Å². The van der Waals surface area contributed by atoms with Gasteiger partial charge in [-0.05, 0) is 48.9 Å². The summed E-state index contributed by atoms with van der Waals surface area (Å²) >= 11 is 3.90. The Balaban J connectivity index is 1.53. The van der Waals surface area contributed by atoms with Crippen molar-refractivity contribution in [2.45, 2.75) is 19.4 Å². The average Bonchev–Trinajstić information content (AvgIpc) is 2.82. The molecule has 4 heteroatoms. The van der Waals surface area contributed by atoms with Gasteiger partial charge in [-0.15, -0.1) is 11.3 Å². The van der Waals surface area contributed by atoms with E-state index >= 15 is 0 Å². The highest BCUT2D eigenvalue weighted by Crippen LogP contribution is 2.23. The van der Waals surface area contributed by atoms with Gasteiger partial charge in [0.25, 0.3) is 0 Å². The number of para-hydroxylation sites is 1. The number of fused-ring (bicyclic) bond motifs is 1. The molecule has 0 aliphatic carbocycles. The first-order chi connectivity index (χ1) is 8.92. The summed E-state index contributed by atoms with van der Waals surface area (Å²) in [5.74, 6) is 3.56. The quantitative estimate of drug-likeness (QED) is 0.926. The first kappa shape index (κ1) is 12.5. The molecule has 3 rings (SSSR count). The van der Waals surface area contributed by atoms with Gasteiger partial charge >= 0.3 is 0 Å². The molecule has 1 aliphatic rings. The smallest absolute Gasteiger partial charge is 0.108 e. The normalized spacial score (nSPS) is 17.3. The molecule has 1 aromatic carbocycles. The fourth-order valence-electron chi connectivity index (χ4n) is 2.33. The topological polar surface area (TPSA) is 24.9 Å². The second-order valence-corrected chi connectivity index (χ2v) is 7.10. The van der Waals surface area contributed by atoms with E-state index < -0.39 is 0 Å². The summed E-state index contributed by atoms with van der Waals surface area (Å²) in [5, 5.41) is 4.78. The molecule has 0 atom stereocenters. The second kappa shape index (κ2) is 6.04. The van der Waals surface area contributed by atoms with Crippen molar-refractivity contribution in [2.75, 3.05) is 18.1 Å². The molecule has 1 aromatic heterocycles. The zero-order valence-corrected chi connectivity index (χ0v) is 12.0. The van der Waals surface area contributed by atoms with Crippen molar-refractivity contribution in [3.05, 3.63) is 29.3 Å². The van der Waals surface area contributed by atoms with Gasteiger partial charge in [0.2, 0.25) is 0 Å². The Kier molecular flexibility index (Phi) is 4.18. The van der Waals surface area contributed by atoms with Crippen LogP contribution < -0.4 is 5.32 Å². The number of benzene rings is 1. The van der Waals surface area contributed by atoms with E-state index in [9.17, 15) is 0 Å². The molecule has 1 aliphatic heterocycles. The van der Waals surface area contributed by atoms with Crippen LogP contribution in [0.15, 0.2) is 24.3 Å². The molecule has 2 aromatic rings. The third-order valence-electron chi connectivity index (χ3n) is 3.39. The summed E-state index contributed by atoms with van der Waals surface area (Å²) in [6, 6.07) is 8.37. The summed E-state index contributed by atoms with van der Waals surface area (Å²) in [7, 11) is 0. The number of aromatic nitrogens is 1. The number of nitrogens with one attached hydrogen (secondary N) is 1. The molecule has 0 unspecified atom stereocenters. The fraction of sp³-hybridized carbons (Fsp3) is 0.500. The van der Waals surface area contributed by atoms with Gasteiger partial charge < -0.3 is 5.32 Å². The van der Waals surface area contributed by atoms with Gasteiger partial charge in [0, 0.05) is 6.54 Å². The van der Waals surface area contributed by atoms with Crippen molar-refractivity contribution in [2.24, 2.45) is 5.92 Å². The molecule has 0 bridgehead atoms. The number of thioether (sulfide) groups is 1. The van der Waals surface area contributed by atoms with E-state index in [-0.39, 0.29) is 0 Å². The first-order valence-corrected chi connectivity index (χ1v) is 8.52. The predicted octanol–water partition coefficient (Wildman–Crippen LogP) is 3.53. The van der Waals surface area contributed by atoms with Gasteiger partial charge in [-0.25, -0.2) is 4.98 Å². The average molecular weight is 278 g/mol. The molecule has 0 radical (unpaired) electrons. The minimum absolute atomic E-state index is 0.876. The number of thiazole rings is 1. The third-order valence-corrected chi connectivity index (χ3v) is 5.47. The van der Waals surface area contributed by atoms with Crippen LogP contribution >= 0.6 is 23.1 Å². The van der Waals surface area contributed by atoms with Crippen molar-refractivity contribution in [1.29, 1.82) is 0 Å². The molecular formula is C14H18N2S2. The maximum absolute atomic E-state index is 4.65. The molecule has 0 saturated carbocycles. The van der Waals surface area contributed by atoms with Crippen LogP contribution in [0.4, 0.5) is 0 Å². The van der Waals surface area contributed by atoms with Crippen LogP contribution in [0.25, 0.3) is 10.2 Å². The van der Waals surface area contributed by atoms with Crippen LogP contribution in [-0.2, 0) is 6.54 Å². The number of hydrogen-bond acceptors (Lipinski definition) is 4. The van der Waals surface area contributed by atoms with Crippen molar-refractivity contribution in [1.82, 2.24) is 10.3 Å². The fourth-order valence-corrected chi connectivity index (χ4v) is 4.47. The molecule has 1 fully saturated rings. The minimum Gasteiger partial charge on any atom is -0.310 e. The molecule has 0 spiro atoms. The number of nitrogens with zero attached hydrogens (tertiary/aromatic N) is 1. The molecule has 2 heterocycles. The molecule has 1 N–H and O–H groups in total. The SMILES string of the molecule is c1ccc2sc(CNCC3CCSCC3)nc2c1. The van der Waals surface area contributed by atoms with Gasteiger partial charge in [0.1, 0.15) is 5.01 Å². The maximum Gasteiger partial charge on any atom is 0.108 e. The third kappa shape index (κ3) is 3.05. The molecular weight excluding hydrogens is 260 g/mol. The van der Waals surface area contributed by atoms with E-state index in [1.54, 1.807) is 11.3 Å². The zero-order chi connectivity index (χ0) is 12.2. The summed E-state index contributed by atoms with van der Waals surface area (Å²) in [4.78, 5) is 4.65. The Bertz CT molecular complexity index is 470. The van der Waals surface area contributed by atoms with Gasteiger partial charge in [0.05, 0.1) is 10.2 Å². The zero-order valence-electron chi connectivity index (χ0n) is 10.4. The van der Waals surface area contributed by atoms with E-state index in [1.807, 2.05) is 0 Å². The van der Waals surface area contributed by atoms with Crippen LogP contribution in [0.2, 0.25) is 0 Å². The molecule has 96 valence electrons. The maximum atomic E-state index is 4.65. The van der Waals surface area contributed by atoms with Gasteiger partial charge in [-0.1, -0.05) is 12.1 Å². The molecule has 18 heavy (non-hydrogen) atoms. The van der Waals surface area contributed by atoms with Crippen molar-refractivity contribution >= 4 is 33.3 Å². The van der Waals surface area contributed by atoms with Crippen LogP contribution in [-0.4, -0.2) is 23.0 Å². The van der Waals surface area contributed by atoms with Gasteiger partial charge in [-0.3, -0.25) is 0 Å². The Morgan fingerprint density at radius 2 is 2.06 bits per heavy atom. The van der Waals surface area contributed by atoms with Crippen molar-refractivity contribution in [3.63, 3.8) is 0 Å². The summed E-state index contributed by atoms with van der Waals surface area (Å²) < 4.78 is 1.29. The Hall–Kier alpha value is -0.580. The molecule has 0 amide bonds. The number of rotatable bonds is 4. The Labute approximate surface area is 116 Å². The largest absolute Gasteiger partial charge is 0.310 e. The highest BCUT2D eigenvalue weighted by Gasteiger charge is 2.13. The van der Waals surface area contributed by atoms with Crippen LogP contribution in [0.3, 0.4) is 0 Å². The summed E-state index contributed by atoms with van der Waals surface area (Å²) in [6.07, 6.45) is 2.75. The Morgan fingerprint density at radius 1 is 1.22 bits per heavy atom. The lowest BCUT2D eigenvalue weighted by atomic mass is 10.0. The molecule has 2 nitrogen and oxygen atoms in total. The van der Waals surface area contributed by atoms with Crippen molar-refractivity contribution in [3.8, 4) is 0 Å². The van der Waals surface area contributed by atoms with E-state index in [4.69, 9.17) is 0 Å². The second-order valence-electron chi connectivity index (χ2n) is 4.76. The van der Waals surface area contributed by atoms with Crippen LogP contribution in [0.1, 0.15) is 17.8 Å². The Morgan fingerprint density at radius 3 is 2.89 bits per heavy atom. The highest BCUT2D eigenvalue weighted by atomic mass is 32.2.